The van der Waals surface area contributed by atoms with Crippen LogP contribution in [0.3, 0.4) is 0 Å². The average Bonchev–Trinajstić information content (AvgIpc) is 2.69. The first-order chi connectivity index (χ1) is 10.4. The number of halogens is 3. The van der Waals surface area contributed by atoms with Crippen LogP contribution in [0.1, 0.15) is 11.1 Å². The van der Waals surface area contributed by atoms with Gasteiger partial charge in [-0.2, -0.15) is 0 Å². The highest BCUT2D eigenvalue weighted by Crippen LogP contribution is 2.39. The van der Waals surface area contributed by atoms with Gasteiger partial charge in [0.25, 0.3) is 5.91 Å². The second-order valence-corrected chi connectivity index (χ2v) is 7.87. The van der Waals surface area contributed by atoms with E-state index in [4.69, 9.17) is 0 Å². The molecule has 112 valence electrons. The van der Waals surface area contributed by atoms with Crippen LogP contribution in [0.5, 0.6) is 5.75 Å². The standard InChI is InChI=1S/C16H10Br2INO2/c1-20-14-3-2-9(19)7-10(14)11(16(20)22)4-8-5-12(17)15(21)13(18)6-8/h2-7,21H,1H3. The van der Waals surface area contributed by atoms with Crippen LogP contribution in [0.2, 0.25) is 0 Å². The van der Waals surface area contributed by atoms with Gasteiger partial charge in [0.15, 0.2) is 0 Å². The third-order valence-corrected chi connectivity index (χ3v) is 5.38. The number of carbonyl (C=O) groups is 1. The number of benzene rings is 2. The van der Waals surface area contributed by atoms with E-state index >= 15 is 0 Å². The zero-order chi connectivity index (χ0) is 16.0. The lowest BCUT2D eigenvalue weighted by atomic mass is 10.0. The summed E-state index contributed by atoms with van der Waals surface area (Å²) >= 11 is 8.86. The molecule has 0 saturated heterocycles. The predicted octanol–water partition coefficient (Wildman–Crippen LogP) is 5.04. The fraction of sp³-hybridized carbons (Fsp3) is 0.0625. The van der Waals surface area contributed by atoms with E-state index in [1.54, 1.807) is 24.1 Å². The Morgan fingerprint density at radius 1 is 1.18 bits per heavy atom. The fourth-order valence-electron chi connectivity index (χ4n) is 2.40. The zero-order valence-electron chi connectivity index (χ0n) is 11.4. The van der Waals surface area contributed by atoms with Crippen LogP contribution in [0.25, 0.3) is 11.6 Å². The lowest BCUT2D eigenvalue weighted by molar-refractivity contribution is -0.112. The second-order valence-electron chi connectivity index (χ2n) is 4.92. The van der Waals surface area contributed by atoms with E-state index in [-0.39, 0.29) is 11.7 Å². The molecular weight excluding hydrogens is 525 g/mol. The monoisotopic (exact) mass is 533 g/mol. The number of phenolic OH excluding ortho intramolecular Hbond substituents is 1. The third kappa shape index (κ3) is 2.72. The van der Waals surface area contributed by atoms with Crippen molar-refractivity contribution in [2.45, 2.75) is 0 Å². The Hall–Kier alpha value is -0.860. The minimum absolute atomic E-state index is 0.0303. The topological polar surface area (TPSA) is 40.5 Å². The van der Waals surface area contributed by atoms with Crippen LogP contribution in [0.4, 0.5) is 5.69 Å². The quantitative estimate of drug-likeness (QED) is 0.411. The molecule has 0 bridgehead atoms. The van der Waals surface area contributed by atoms with Gasteiger partial charge >= 0.3 is 0 Å². The molecule has 2 aromatic rings. The third-order valence-electron chi connectivity index (χ3n) is 3.50. The molecule has 1 amide bonds. The molecular formula is C16H10Br2INO2. The molecule has 0 fully saturated rings. The maximum absolute atomic E-state index is 12.5. The zero-order valence-corrected chi connectivity index (χ0v) is 16.7. The lowest BCUT2D eigenvalue weighted by Crippen LogP contribution is -2.20. The number of likely N-dealkylation sites (N-methyl/N-ethyl adjacent to an activating group) is 1. The van der Waals surface area contributed by atoms with Gasteiger partial charge in [-0.25, -0.2) is 0 Å². The van der Waals surface area contributed by atoms with Crippen molar-refractivity contribution in [2.24, 2.45) is 0 Å². The summed E-state index contributed by atoms with van der Waals surface area (Å²) in [5, 5.41) is 9.79. The molecule has 1 aliphatic heterocycles. The summed E-state index contributed by atoms with van der Waals surface area (Å²) < 4.78 is 2.24. The van der Waals surface area contributed by atoms with Crippen LogP contribution in [-0.2, 0) is 4.79 Å². The molecule has 0 saturated carbocycles. The molecule has 2 aromatic carbocycles. The van der Waals surface area contributed by atoms with Gasteiger partial charge in [0, 0.05) is 21.8 Å². The van der Waals surface area contributed by atoms with Crippen LogP contribution in [0, 0.1) is 3.57 Å². The molecule has 3 rings (SSSR count). The largest absolute Gasteiger partial charge is 0.506 e. The first-order valence-corrected chi connectivity index (χ1v) is 9.02. The van der Waals surface area contributed by atoms with Crippen LogP contribution in [0.15, 0.2) is 39.3 Å². The molecule has 1 heterocycles. The summed E-state index contributed by atoms with van der Waals surface area (Å²) in [7, 11) is 1.78. The molecule has 0 aromatic heterocycles. The van der Waals surface area contributed by atoms with Gasteiger partial charge in [-0.3, -0.25) is 4.79 Å². The second kappa shape index (κ2) is 5.98. The number of fused-ring (bicyclic) bond motifs is 1. The summed E-state index contributed by atoms with van der Waals surface area (Å²) in [6.07, 6.45) is 1.84. The maximum Gasteiger partial charge on any atom is 0.258 e. The van der Waals surface area contributed by atoms with Crippen molar-refractivity contribution in [3.8, 4) is 5.75 Å². The van der Waals surface area contributed by atoms with Crippen molar-refractivity contribution in [1.82, 2.24) is 0 Å². The van der Waals surface area contributed by atoms with Gasteiger partial charge in [-0.1, -0.05) is 0 Å². The number of hydrogen-bond acceptors (Lipinski definition) is 2. The number of amides is 1. The Morgan fingerprint density at radius 2 is 1.82 bits per heavy atom. The maximum atomic E-state index is 12.5. The smallest absolute Gasteiger partial charge is 0.258 e. The number of nitrogens with zero attached hydrogens (tertiary/aromatic N) is 1. The first-order valence-electron chi connectivity index (χ1n) is 6.36. The Morgan fingerprint density at radius 3 is 2.45 bits per heavy atom. The highest BCUT2D eigenvalue weighted by Gasteiger charge is 2.29. The minimum Gasteiger partial charge on any atom is -0.506 e. The summed E-state index contributed by atoms with van der Waals surface area (Å²) in [5.74, 6) is 0.115. The van der Waals surface area contributed by atoms with Crippen molar-refractivity contribution < 1.29 is 9.90 Å². The molecule has 0 atom stereocenters. The number of aromatic hydroxyl groups is 1. The fourth-order valence-corrected chi connectivity index (χ4v) is 4.11. The van der Waals surface area contributed by atoms with E-state index in [2.05, 4.69) is 54.5 Å². The van der Waals surface area contributed by atoms with Gasteiger partial charge in [0.2, 0.25) is 0 Å². The molecule has 6 heteroatoms. The number of anilines is 1. The summed E-state index contributed by atoms with van der Waals surface area (Å²) in [4.78, 5) is 14.2. The van der Waals surface area contributed by atoms with Gasteiger partial charge in [-0.05, 0) is 96.4 Å². The van der Waals surface area contributed by atoms with Crippen LogP contribution < -0.4 is 4.90 Å². The Bertz CT molecular complexity index is 810. The number of rotatable bonds is 1. The van der Waals surface area contributed by atoms with Crippen molar-refractivity contribution in [2.75, 3.05) is 11.9 Å². The molecule has 0 spiro atoms. The van der Waals surface area contributed by atoms with E-state index in [0.717, 1.165) is 20.4 Å². The van der Waals surface area contributed by atoms with Crippen molar-refractivity contribution >= 4 is 77.7 Å². The van der Waals surface area contributed by atoms with Crippen LogP contribution in [-0.4, -0.2) is 18.1 Å². The van der Waals surface area contributed by atoms with E-state index in [0.29, 0.717) is 14.5 Å². The Kier molecular flexibility index (Phi) is 4.35. The van der Waals surface area contributed by atoms with Gasteiger partial charge in [0.05, 0.1) is 14.6 Å². The Labute approximate surface area is 158 Å². The molecule has 3 nitrogen and oxygen atoms in total. The Balaban J connectivity index is 2.16. The number of carbonyl (C=O) groups excluding carboxylic acids is 1. The highest BCUT2D eigenvalue weighted by molar-refractivity contribution is 14.1. The number of phenols is 1. The van der Waals surface area contributed by atoms with E-state index in [9.17, 15) is 9.90 Å². The summed E-state index contributed by atoms with van der Waals surface area (Å²) in [6, 6.07) is 9.52. The number of hydrogen-bond donors (Lipinski definition) is 1. The average molecular weight is 535 g/mol. The molecule has 0 unspecified atom stereocenters. The van der Waals surface area contributed by atoms with E-state index < -0.39 is 0 Å². The van der Waals surface area contributed by atoms with Gasteiger partial charge < -0.3 is 10.0 Å². The van der Waals surface area contributed by atoms with Crippen molar-refractivity contribution in [1.29, 1.82) is 0 Å². The normalized spacial score (nSPS) is 15.5. The van der Waals surface area contributed by atoms with Crippen molar-refractivity contribution in [3.63, 3.8) is 0 Å². The predicted molar refractivity (Wildman–Crippen MR) is 104 cm³/mol. The molecule has 1 N–H and O–H groups in total. The molecule has 1 aliphatic rings. The molecule has 22 heavy (non-hydrogen) atoms. The summed E-state index contributed by atoms with van der Waals surface area (Å²) in [5.41, 5.74) is 3.33. The molecule has 0 radical (unpaired) electrons. The SMILES string of the molecule is CN1C(=O)C(=Cc2cc(Br)c(O)c(Br)c2)c2cc(I)ccc21. The van der Waals surface area contributed by atoms with Crippen molar-refractivity contribution in [3.05, 3.63) is 54.0 Å². The first kappa shape index (κ1) is 16.0. The van der Waals surface area contributed by atoms with E-state index in [1.807, 2.05) is 24.3 Å². The van der Waals surface area contributed by atoms with Crippen LogP contribution >= 0.6 is 54.5 Å². The van der Waals surface area contributed by atoms with E-state index in [1.165, 1.54) is 0 Å². The van der Waals surface area contributed by atoms with Gasteiger partial charge in [0.1, 0.15) is 5.75 Å². The lowest BCUT2D eigenvalue weighted by Gasteiger charge is -2.08. The molecule has 0 aliphatic carbocycles. The summed E-state index contributed by atoms with van der Waals surface area (Å²) in [6.45, 7) is 0. The minimum atomic E-state index is -0.0303. The van der Waals surface area contributed by atoms with Gasteiger partial charge in [-0.15, -0.1) is 0 Å². The highest BCUT2D eigenvalue weighted by atomic mass is 127.